The molecule has 0 amide bonds. The number of ether oxygens (including phenoxy) is 2. The number of methoxy groups -OCH3 is 2. The minimum Gasteiger partial charge on any atom is -0.493 e. The van der Waals surface area contributed by atoms with E-state index in [2.05, 4.69) is 27.8 Å². The standard InChI is InChI=1S/C12H11BrO3/c1-15-11-6-9(4-3-5-13)10(8-14)7-12(11)16-2/h6-8H,5H2,1-2H3. The first-order chi connectivity index (χ1) is 7.76. The van der Waals surface area contributed by atoms with Gasteiger partial charge >= 0.3 is 0 Å². The third-order valence-corrected chi connectivity index (χ3v) is 2.25. The van der Waals surface area contributed by atoms with E-state index in [1.165, 1.54) is 7.11 Å². The molecule has 0 saturated carbocycles. The van der Waals surface area contributed by atoms with E-state index >= 15 is 0 Å². The maximum atomic E-state index is 10.9. The van der Waals surface area contributed by atoms with Crippen molar-refractivity contribution in [3.8, 4) is 23.3 Å². The normalized spacial score (nSPS) is 8.94. The van der Waals surface area contributed by atoms with Crippen molar-refractivity contribution < 1.29 is 14.3 Å². The second kappa shape index (κ2) is 6.19. The molecule has 4 heteroatoms. The van der Waals surface area contributed by atoms with Gasteiger partial charge in [0.1, 0.15) is 0 Å². The summed E-state index contributed by atoms with van der Waals surface area (Å²) in [5, 5.41) is 0.555. The lowest BCUT2D eigenvalue weighted by Gasteiger charge is -2.09. The lowest BCUT2D eigenvalue weighted by Crippen LogP contribution is -1.95. The van der Waals surface area contributed by atoms with Crippen molar-refractivity contribution in [1.82, 2.24) is 0 Å². The van der Waals surface area contributed by atoms with E-state index < -0.39 is 0 Å². The number of aldehydes is 1. The highest BCUT2D eigenvalue weighted by molar-refractivity contribution is 9.09. The Morgan fingerprint density at radius 1 is 1.31 bits per heavy atom. The van der Waals surface area contributed by atoms with Crippen LogP contribution in [-0.2, 0) is 0 Å². The largest absolute Gasteiger partial charge is 0.493 e. The summed E-state index contributed by atoms with van der Waals surface area (Å²) < 4.78 is 10.2. The number of hydrogen-bond donors (Lipinski definition) is 0. The molecule has 0 radical (unpaired) electrons. The van der Waals surface area contributed by atoms with Gasteiger partial charge in [0.2, 0.25) is 0 Å². The van der Waals surface area contributed by atoms with Crippen LogP contribution >= 0.6 is 15.9 Å². The molecular weight excluding hydrogens is 272 g/mol. The lowest BCUT2D eigenvalue weighted by molar-refractivity contribution is 0.112. The molecule has 0 bridgehead atoms. The van der Waals surface area contributed by atoms with E-state index in [9.17, 15) is 4.79 Å². The Hall–Kier alpha value is -1.47. The third kappa shape index (κ3) is 2.77. The number of carbonyl (C=O) groups excluding carboxylic acids is 1. The van der Waals surface area contributed by atoms with E-state index in [1.54, 1.807) is 19.2 Å². The molecule has 0 aliphatic heterocycles. The Morgan fingerprint density at radius 3 is 2.44 bits per heavy atom. The summed E-state index contributed by atoms with van der Waals surface area (Å²) in [6.45, 7) is 0. The second-order valence-corrected chi connectivity index (χ2v) is 3.41. The molecule has 1 aromatic carbocycles. The molecule has 16 heavy (non-hydrogen) atoms. The summed E-state index contributed by atoms with van der Waals surface area (Å²) in [5.74, 6) is 6.80. The molecule has 1 rings (SSSR count). The van der Waals surface area contributed by atoms with Crippen LogP contribution in [0.3, 0.4) is 0 Å². The van der Waals surface area contributed by atoms with Gasteiger partial charge in [0, 0.05) is 17.2 Å². The Labute approximate surface area is 103 Å². The molecular formula is C12H11BrO3. The van der Waals surface area contributed by atoms with E-state index in [4.69, 9.17) is 9.47 Å². The van der Waals surface area contributed by atoms with Crippen molar-refractivity contribution in [3.63, 3.8) is 0 Å². The molecule has 3 nitrogen and oxygen atoms in total. The first kappa shape index (κ1) is 12.6. The van der Waals surface area contributed by atoms with Crippen molar-refractivity contribution in [2.24, 2.45) is 0 Å². The van der Waals surface area contributed by atoms with Gasteiger partial charge in [-0.15, -0.1) is 0 Å². The van der Waals surface area contributed by atoms with Crippen molar-refractivity contribution in [3.05, 3.63) is 23.3 Å². The van der Waals surface area contributed by atoms with Gasteiger partial charge in [-0.2, -0.15) is 0 Å². The van der Waals surface area contributed by atoms with Gasteiger partial charge < -0.3 is 9.47 Å². The summed E-state index contributed by atoms with van der Waals surface area (Å²) in [4.78, 5) is 10.9. The van der Waals surface area contributed by atoms with Gasteiger partial charge in [-0.3, -0.25) is 4.79 Å². The maximum absolute atomic E-state index is 10.9. The predicted octanol–water partition coefficient (Wildman–Crippen LogP) is 2.26. The van der Waals surface area contributed by atoms with Gasteiger partial charge in [-0.25, -0.2) is 0 Å². The van der Waals surface area contributed by atoms with Crippen molar-refractivity contribution in [2.45, 2.75) is 0 Å². The van der Waals surface area contributed by atoms with Crippen LogP contribution in [0.1, 0.15) is 15.9 Å². The molecule has 0 N–H and O–H groups in total. The van der Waals surface area contributed by atoms with E-state index in [0.29, 0.717) is 28.0 Å². The molecule has 1 aromatic rings. The Bertz CT molecular complexity index is 444. The van der Waals surface area contributed by atoms with Crippen LogP contribution in [-0.4, -0.2) is 25.8 Å². The van der Waals surface area contributed by atoms with Crippen LogP contribution in [0.15, 0.2) is 12.1 Å². The third-order valence-electron chi connectivity index (χ3n) is 1.97. The van der Waals surface area contributed by atoms with Crippen molar-refractivity contribution >= 4 is 22.2 Å². The molecule has 0 aliphatic carbocycles. The summed E-state index contributed by atoms with van der Waals surface area (Å²) >= 11 is 3.20. The summed E-state index contributed by atoms with van der Waals surface area (Å²) in [6.07, 6.45) is 0.750. The molecule has 0 heterocycles. The lowest BCUT2D eigenvalue weighted by atomic mass is 10.1. The molecule has 0 aliphatic rings. The van der Waals surface area contributed by atoms with Gasteiger partial charge in [-0.05, 0) is 6.07 Å². The predicted molar refractivity (Wildman–Crippen MR) is 65.6 cm³/mol. The Balaban J connectivity index is 3.31. The van der Waals surface area contributed by atoms with Gasteiger partial charge in [-0.1, -0.05) is 27.8 Å². The fraction of sp³-hybridized carbons (Fsp3) is 0.250. The number of hydrogen-bond acceptors (Lipinski definition) is 3. The van der Waals surface area contributed by atoms with E-state index in [0.717, 1.165) is 6.29 Å². The number of alkyl halides is 1. The van der Waals surface area contributed by atoms with Crippen LogP contribution in [0.5, 0.6) is 11.5 Å². The molecule has 0 saturated heterocycles. The zero-order chi connectivity index (χ0) is 12.0. The quantitative estimate of drug-likeness (QED) is 0.485. The van der Waals surface area contributed by atoms with Crippen LogP contribution in [0.4, 0.5) is 0 Å². The van der Waals surface area contributed by atoms with Crippen LogP contribution < -0.4 is 9.47 Å². The van der Waals surface area contributed by atoms with E-state index in [-0.39, 0.29) is 0 Å². The fourth-order valence-corrected chi connectivity index (χ4v) is 1.37. The molecule has 0 aromatic heterocycles. The van der Waals surface area contributed by atoms with Crippen LogP contribution in [0.2, 0.25) is 0 Å². The topological polar surface area (TPSA) is 35.5 Å². The number of halogens is 1. The monoisotopic (exact) mass is 282 g/mol. The highest BCUT2D eigenvalue weighted by Gasteiger charge is 2.08. The van der Waals surface area contributed by atoms with Crippen LogP contribution in [0.25, 0.3) is 0 Å². The maximum Gasteiger partial charge on any atom is 0.162 e. The van der Waals surface area contributed by atoms with Gasteiger partial charge in [0.25, 0.3) is 0 Å². The van der Waals surface area contributed by atoms with Gasteiger partial charge in [0.15, 0.2) is 17.8 Å². The SMILES string of the molecule is COc1cc(C#CCBr)c(C=O)cc1OC. The first-order valence-electron chi connectivity index (χ1n) is 4.52. The van der Waals surface area contributed by atoms with Crippen LogP contribution in [0, 0.1) is 11.8 Å². The Morgan fingerprint density at radius 2 is 1.94 bits per heavy atom. The summed E-state index contributed by atoms with van der Waals surface area (Å²) in [5.41, 5.74) is 1.12. The number of benzene rings is 1. The zero-order valence-corrected chi connectivity index (χ0v) is 10.6. The fourth-order valence-electron chi connectivity index (χ4n) is 1.23. The molecule has 0 spiro atoms. The molecule has 84 valence electrons. The van der Waals surface area contributed by atoms with E-state index in [1.807, 2.05) is 0 Å². The van der Waals surface area contributed by atoms with Crippen molar-refractivity contribution in [1.29, 1.82) is 0 Å². The van der Waals surface area contributed by atoms with Gasteiger partial charge in [0.05, 0.1) is 19.5 Å². The average molecular weight is 283 g/mol. The molecule has 0 atom stereocenters. The molecule has 0 unspecified atom stereocenters. The zero-order valence-electron chi connectivity index (χ0n) is 9.04. The molecule has 0 fully saturated rings. The minimum absolute atomic E-state index is 0.492. The summed E-state index contributed by atoms with van der Waals surface area (Å²) in [6, 6.07) is 3.31. The first-order valence-corrected chi connectivity index (χ1v) is 5.65. The second-order valence-electron chi connectivity index (χ2n) is 2.85. The minimum atomic E-state index is 0.492. The highest BCUT2D eigenvalue weighted by Crippen LogP contribution is 2.29. The summed E-state index contributed by atoms with van der Waals surface area (Å²) in [7, 11) is 3.07. The number of carbonyl (C=O) groups is 1. The van der Waals surface area contributed by atoms with Crippen molar-refractivity contribution in [2.75, 3.05) is 19.5 Å². The smallest absolute Gasteiger partial charge is 0.162 e. The average Bonchev–Trinajstić information content (AvgIpc) is 2.35. The number of rotatable bonds is 3. The highest BCUT2D eigenvalue weighted by atomic mass is 79.9. The Kier molecular flexibility index (Phi) is 4.87.